The van der Waals surface area contributed by atoms with Crippen molar-refractivity contribution in [1.29, 1.82) is 0 Å². The lowest BCUT2D eigenvalue weighted by Gasteiger charge is -2.04. The lowest BCUT2D eigenvalue weighted by atomic mass is 10.4. The molecule has 0 aromatic carbocycles. The highest BCUT2D eigenvalue weighted by molar-refractivity contribution is 9.13. The number of thiophene rings is 1. The van der Waals surface area contributed by atoms with Crippen LogP contribution in [0.1, 0.15) is 16.1 Å². The minimum atomic E-state index is -3.15. The van der Waals surface area contributed by atoms with Crippen molar-refractivity contribution in [2.24, 2.45) is 0 Å². The molecular formula is C9H12Br2N2O3S2. The number of carbonyl (C=O) groups excluding carboxylic acids is 1. The van der Waals surface area contributed by atoms with E-state index in [1.165, 1.54) is 11.3 Å². The van der Waals surface area contributed by atoms with Gasteiger partial charge in [0.15, 0.2) is 0 Å². The second-order valence-electron chi connectivity index (χ2n) is 3.51. The fourth-order valence-electron chi connectivity index (χ4n) is 1.09. The van der Waals surface area contributed by atoms with E-state index in [-0.39, 0.29) is 5.91 Å². The van der Waals surface area contributed by atoms with Crippen LogP contribution in [-0.4, -0.2) is 33.7 Å². The molecule has 18 heavy (non-hydrogen) atoms. The minimum absolute atomic E-state index is 0.161. The van der Waals surface area contributed by atoms with Crippen LogP contribution in [-0.2, 0) is 10.0 Å². The molecule has 0 saturated heterocycles. The van der Waals surface area contributed by atoms with E-state index in [1.54, 1.807) is 6.07 Å². The molecule has 9 heteroatoms. The van der Waals surface area contributed by atoms with Crippen molar-refractivity contribution in [2.45, 2.75) is 6.42 Å². The van der Waals surface area contributed by atoms with Gasteiger partial charge in [0.25, 0.3) is 5.91 Å². The quantitative estimate of drug-likeness (QED) is 0.692. The van der Waals surface area contributed by atoms with E-state index in [9.17, 15) is 13.2 Å². The van der Waals surface area contributed by atoms with Crippen LogP contribution in [0.2, 0.25) is 0 Å². The summed E-state index contributed by atoms with van der Waals surface area (Å²) in [6, 6.07) is 1.73. The standard InChI is InChI=1S/C9H12Br2N2O3S2/c1-18(15,16)13-4-2-3-12-9(14)7-5-6(10)8(11)17-7/h5,13H,2-4H2,1H3,(H,12,14). The number of halogens is 2. The Labute approximate surface area is 127 Å². The van der Waals surface area contributed by atoms with Gasteiger partial charge in [-0.15, -0.1) is 11.3 Å². The highest BCUT2D eigenvalue weighted by Gasteiger charge is 2.11. The van der Waals surface area contributed by atoms with Gasteiger partial charge >= 0.3 is 0 Å². The zero-order chi connectivity index (χ0) is 13.8. The highest BCUT2D eigenvalue weighted by atomic mass is 79.9. The van der Waals surface area contributed by atoms with Crippen molar-refractivity contribution in [3.8, 4) is 0 Å². The molecule has 0 radical (unpaired) electrons. The van der Waals surface area contributed by atoms with E-state index in [4.69, 9.17) is 0 Å². The van der Waals surface area contributed by atoms with Crippen LogP contribution in [0.15, 0.2) is 14.3 Å². The average molecular weight is 420 g/mol. The summed E-state index contributed by atoms with van der Waals surface area (Å²) in [5, 5.41) is 2.72. The second-order valence-corrected chi connectivity index (χ2v) is 8.57. The summed E-state index contributed by atoms with van der Waals surface area (Å²) < 4.78 is 25.6. The van der Waals surface area contributed by atoms with Crippen LogP contribution >= 0.6 is 43.2 Å². The van der Waals surface area contributed by atoms with Crippen molar-refractivity contribution < 1.29 is 13.2 Å². The molecule has 102 valence electrons. The largest absolute Gasteiger partial charge is 0.351 e. The van der Waals surface area contributed by atoms with Gasteiger partial charge in [-0.2, -0.15) is 0 Å². The number of carbonyl (C=O) groups is 1. The van der Waals surface area contributed by atoms with Crippen LogP contribution in [0.4, 0.5) is 0 Å². The summed E-state index contributed by atoms with van der Waals surface area (Å²) >= 11 is 7.96. The first kappa shape index (κ1) is 16.1. The Morgan fingerprint density at radius 2 is 2.06 bits per heavy atom. The molecule has 5 nitrogen and oxygen atoms in total. The molecule has 1 amide bonds. The maximum atomic E-state index is 11.7. The van der Waals surface area contributed by atoms with Gasteiger partial charge in [0.2, 0.25) is 10.0 Å². The van der Waals surface area contributed by atoms with Crippen LogP contribution in [0.3, 0.4) is 0 Å². The first-order valence-corrected chi connectivity index (χ1v) is 9.26. The summed E-state index contributed by atoms with van der Waals surface area (Å²) in [6.45, 7) is 0.742. The average Bonchev–Trinajstić information content (AvgIpc) is 2.57. The summed E-state index contributed by atoms with van der Waals surface area (Å²) in [7, 11) is -3.15. The second kappa shape index (κ2) is 6.99. The van der Waals surface area contributed by atoms with Crippen molar-refractivity contribution in [1.82, 2.24) is 10.0 Å². The molecule has 0 aliphatic carbocycles. The fourth-order valence-corrected chi connectivity index (χ4v) is 3.56. The van der Waals surface area contributed by atoms with Gasteiger partial charge in [-0.25, -0.2) is 13.1 Å². The molecular weight excluding hydrogens is 408 g/mol. The molecule has 0 spiro atoms. The number of amides is 1. The number of rotatable bonds is 6. The van der Waals surface area contributed by atoms with Gasteiger partial charge in [-0.05, 0) is 44.3 Å². The molecule has 0 unspecified atom stereocenters. The van der Waals surface area contributed by atoms with Crippen LogP contribution in [0, 0.1) is 0 Å². The molecule has 1 heterocycles. The zero-order valence-corrected chi connectivity index (χ0v) is 14.3. The maximum absolute atomic E-state index is 11.7. The lowest BCUT2D eigenvalue weighted by Crippen LogP contribution is -2.28. The Kier molecular flexibility index (Phi) is 6.25. The monoisotopic (exact) mass is 418 g/mol. The molecule has 1 aromatic rings. The number of nitrogens with one attached hydrogen (secondary N) is 2. The Bertz CT molecular complexity index is 508. The van der Waals surface area contributed by atoms with Gasteiger partial charge in [0, 0.05) is 17.6 Å². The summed E-state index contributed by atoms with van der Waals surface area (Å²) in [6.07, 6.45) is 1.65. The van der Waals surface area contributed by atoms with E-state index in [0.717, 1.165) is 14.5 Å². The Hall–Kier alpha value is 0.0400. The first-order chi connectivity index (χ1) is 8.29. The third-order valence-corrected chi connectivity index (χ3v) is 5.86. The summed E-state index contributed by atoms with van der Waals surface area (Å²) in [5.41, 5.74) is 0. The molecule has 0 fully saturated rings. The van der Waals surface area contributed by atoms with E-state index >= 15 is 0 Å². The van der Waals surface area contributed by atoms with Crippen LogP contribution in [0.25, 0.3) is 0 Å². The van der Waals surface area contributed by atoms with E-state index in [2.05, 4.69) is 41.9 Å². The first-order valence-electron chi connectivity index (χ1n) is 4.97. The Morgan fingerprint density at radius 3 is 2.56 bits per heavy atom. The van der Waals surface area contributed by atoms with Crippen LogP contribution < -0.4 is 10.0 Å². The number of hydrogen-bond donors (Lipinski definition) is 2. The zero-order valence-electron chi connectivity index (χ0n) is 9.50. The fraction of sp³-hybridized carbons (Fsp3) is 0.444. The Balaban J connectivity index is 2.30. The van der Waals surface area contributed by atoms with E-state index < -0.39 is 10.0 Å². The number of sulfonamides is 1. The molecule has 1 rings (SSSR count). The topological polar surface area (TPSA) is 75.3 Å². The minimum Gasteiger partial charge on any atom is -0.351 e. The number of hydrogen-bond acceptors (Lipinski definition) is 4. The van der Waals surface area contributed by atoms with Crippen molar-refractivity contribution in [3.05, 3.63) is 19.2 Å². The van der Waals surface area contributed by atoms with Gasteiger partial charge in [-0.1, -0.05) is 0 Å². The van der Waals surface area contributed by atoms with E-state index in [0.29, 0.717) is 24.4 Å². The van der Waals surface area contributed by atoms with Crippen molar-refractivity contribution in [2.75, 3.05) is 19.3 Å². The van der Waals surface area contributed by atoms with Gasteiger partial charge in [0.1, 0.15) is 0 Å². The van der Waals surface area contributed by atoms with E-state index in [1.807, 2.05) is 0 Å². The van der Waals surface area contributed by atoms with Crippen LogP contribution in [0.5, 0.6) is 0 Å². The smallest absolute Gasteiger partial charge is 0.261 e. The summed E-state index contributed by atoms with van der Waals surface area (Å²) in [4.78, 5) is 12.3. The van der Waals surface area contributed by atoms with Gasteiger partial charge < -0.3 is 5.32 Å². The predicted molar refractivity (Wildman–Crippen MR) is 79.5 cm³/mol. The molecule has 0 aliphatic heterocycles. The molecule has 0 bridgehead atoms. The van der Waals surface area contributed by atoms with Gasteiger partial charge in [-0.3, -0.25) is 4.79 Å². The molecule has 1 aromatic heterocycles. The van der Waals surface area contributed by atoms with Gasteiger partial charge in [0.05, 0.1) is 14.9 Å². The third kappa shape index (κ3) is 5.79. The molecule has 0 saturated carbocycles. The maximum Gasteiger partial charge on any atom is 0.261 e. The third-order valence-electron chi connectivity index (χ3n) is 1.87. The lowest BCUT2D eigenvalue weighted by molar-refractivity contribution is 0.0957. The highest BCUT2D eigenvalue weighted by Crippen LogP contribution is 2.32. The normalized spacial score (nSPS) is 11.5. The molecule has 0 atom stereocenters. The van der Waals surface area contributed by atoms with Crippen molar-refractivity contribution in [3.63, 3.8) is 0 Å². The van der Waals surface area contributed by atoms with Crippen molar-refractivity contribution >= 4 is 59.1 Å². The summed E-state index contributed by atoms with van der Waals surface area (Å²) in [5.74, 6) is -0.161. The molecule has 2 N–H and O–H groups in total. The molecule has 0 aliphatic rings. The SMILES string of the molecule is CS(=O)(=O)NCCCNC(=O)c1cc(Br)c(Br)s1. The predicted octanol–water partition coefficient (Wildman–Crippen LogP) is 1.94. The Morgan fingerprint density at radius 1 is 1.39 bits per heavy atom.